The van der Waals surface area contributed by atoms with Crippen LogP contribution in [0.25, 0.3) is 0 Å². The summed E-state index contributed by atoms with van der Waals surface area (Å²) in [7, 11) is 1.82. The number of amides is 1. The van der Waals surface area contributed by atoms with Gasteiger partial charge in [0.1, 0.15) is 5.75 Å². The molecule has 0 saturated carbocycles. The minimum Gasteiger partial charge on any atom is -0.470 e. The highest BCUT2D eigenvalue weighted by Gasteiger charge is 2.21. The summed E-state index contributed by atoms with van der Waals surface area (Å²) in [6, 6.07) is 5.19. The van der Waals surface area contributed by atoms with Crippen LogP contribution in [-0.2, 0) is 11.2 Å². The molecule has 0 fully saturated rings. The standard InChI is InChI=1S/C17H25N5O3/c1-22-9-16(24)21-12(10-23)7-11-4-5-13(8-15(11)22)25-17(20)14(19)3-2-6-18/h2-6,8,12,17,23H,7,9-10,18-20H2,1H3,(H,21,24)/b6-2-,14-3-. The van der Waals surface area contributed by atoms with Crippen molar-refractivity contribution in [1.29, 1.82) is 0 Å². The van der Waals surface area contributed by atoms with E-state index in [9.17, 15) is 9.90 Å². The number of anilines is 1. The normalized spacial score (nSPS) is 19.8. The van der Waals surface area contributed by atoms with Gasteiger partial charge in [-0.25, -0.2) is 0 Å². The van der Waals surface area contributed by atoms with E-state index in [1.165, 1.54) is 6.20 Å². The first-order valence-corrected chi connectivity index (χ1v) is 7.95. The number of nitrogens with zero attached hydrogens (tertiary/aromatic N) is 1. The van der Waals surface area contributed by atoms with E-state index in [1.54, 1.807) is 18.2 Å². The minimum atomic E-state index is -0.818. The molecule has 2 rings (SSSR count). The largest absolute Gasteiger partial charge is 0.470 e. The molecular weight excluding hydrogens is 322 g/mol. The molecule has 0 aliphatic carbocycles. The summed E-state index contributed by atoms with van der Waals surface area (Å²) in [5.41, 5.74) is 19.2. The molecule has 2 atom stereocenters. The van der Waals surface area contributed by atoms with Gasteiger partial charge in [0.2, 0.25) is 5.91 Å². The number of aliphatic hydroxyl groups is 1. The molecule has 136 valence electrons. The zero-order valence-electron chi connectivity index (χ0n) is 14.2. The highest BCUT2D eigenvalue weighted by atomic mass is 16.5. The molecule has 1 amide bonds. The van der Waals surface area contributed by atoms with Gasteiger partial charge in [-0.1, -0.05) is 6.07 Å². The average molecular weight is 347 g/mol. The molecule has 0 radical (unpaired) electrons. The third kappa shape index (κ3) is 4.88. The van der Waals surface area contributed by atoms with Crippen LogP contribution in [0.5, 0.6) is 5.75 Å². The van der Waals surface area contributed by atoms with Gasteiger partial charge < -0.3 is 31.5 Å². The van der Waals surface area contributed by atoms with E-state index in [1.807, 2.05) is 24.1 Å². The Morgan fingerprint density at radius 3 is 3.00 bits per heavy atom. The Bertz CT molecular complexity index is 674. The van der Waals surface area contributed by atoms with E-state index in [0.29, 0.717) is 17.9 Å². The number of nitrogens with one attached hydrogen (secondary N) is 1. The first-order chi connectivity index (χ1) is 11.9. The number of hydrogen-bond acceptors (Lipinski definition) is 7. The highest BCUT2D eigenvalue weighted by molar-refractivity contribution is 5.82. The molecule has 25 heavy (non-hydrogen) atoms. The first-order valence-electron chi connectivity index (χ1n) is 7.95. The molecule has 0 spiro atoms. The van der Waals surface area contributed by atoms with Crippen LogP contribution < -0.4 is 32.2 Å². The van der Waals surface area contributed by atoms with Gasteiger partial charge in [0.05, 0.1) is 24.9 Å². The Morgan fingerprint density at radius 2 is 2.32 bits per heavy atom. The zero-order valence-corrected chi connectivity index (χ0v) is 14.2. The molecule has 0 bridgehead atoms. The Labute approximate surface area is 146 Å². The van der Waals surface area contributed by atoms with Crippen LogP contribution in [-0.4, -0.2) is 43.5 Å². The Balaban J connectivity index is 2.24. The number of fused-ring (bicyclic) bond motifs is 1. The fourth-order valence-electron chi connectivity index (χ4n) is 2.62. The number of allylic oxidation sites excluding steroid dienone is 2. The van der Waals surface area contributed by atoms with Crippen molar-refractivity contribution in [3.63, 3.8) is 0 Å². The summed E-state index contributed by atoms with van der Waals surface area (Å²) in [5, 5.41) is 12.2. The second-order valence-electron chi connectivity index (χ2n) is 5.89. The van der Waals surface area contributed by atoms with Gasteiger partial charge in [0.25, 0.3) is 0 Å². The second kappa shape index (κ2) is 8.41. The fourth-order valence-corrected chi connectivity index (χ4v) is 2.62. The van der Waals surface area contributed by atoms with Gasteiger partial charge in [0, 0.05) is 18.8 Å². The maximum atomic E-state index is 11.9. The van der Waals surface area contributed by atoms with E-state index in [0.717, 1.165) is 11.3 Å². The van der Waals surface area contributed by atoms with Gasteiger partial charge in [-0.3, -0.25) is 10.5 Å². The number of rotatable bonds is 5. The number of carbonyl (C=O) groups is 1. The molecule has 1 heterocycles. The summed E-state index contributed by atoms with van der Waals surface area (Å²) < 4.78 is 5.67. The molecule has 0 saturated heterocycles. The number of benzene rings is 1. The molecule has 1 aromatic rings. The number of hydrogen-bond donors (Lipinski definition) is 5. The lowest BCUT2D eigenvalue weighted by Crippen LogP contribution is -2.46. The lowest BCUT2D eigenvalue weighted by molar-refractivity contribution is -0.120. The molecule has 8 nitrogen and oxygen atoms in total. The highest BCUT2D eigenvalue weighted by Crippen LogP contribution is 2.28. The molecule has 8 heteroatoms. The predicted molar refractivity (Wildman–Crippen MR) is 96.6 cm³/mol. The topological polar surface area (TPSA) is 140 Å². The van der Waals surface area contributed by atoms with E-state index < -0.39 is 6.23 Å². The van der Waals surface area contributed by atoms with Gasteiger partial charge in [-0.2, -0.15) is 0 Å². The third-order valence-corrected chi connectivity index (χ3v) is 3.89. The third-order valence-electron chi connectivity index (χ3n) is 3.89. The Kier molecular flexibility index (Phi) is 6.26. The van der Waals surface area contributed by atoms with E-state index in [2.05, 4.69) is 5.32 Å². The van der Waals surface area contributed by atoms with Crippen LogP contribution in [0.1, 0.15) is 5.56 Å². The number of nitrogens with two attached hydrogens (primary N) is 3. The van der Waals surface area contributed by atoms with Crippen LogP contribution in [0.3, 0.4) is 0 Å². The first kappa shape index (κ1) is 18.6. The van der Waals surface area contributed by atoms with Gasteiger partial charge >= 0.3 is 0 Å². The predicted octanol–water partition coefficient (Wildman–Crippen LogP) is -0.865. The minimum absolute atomic E-state index is 0.117. The van der Waals surface area contributed by atoms with Crippen LogP contribution in [0.2, 0.25) is 0 Å². The van der Waals surface area contributed by atoms with Crippen LogP contribution in [0.15, 0.2) is 42.2 Å². The van der Waals surface area contributed by atoms with E-state index >= 15 is 0 Å². The van der Waals surface area contributed by atoms with Crippen LogP contribution >= 0.6 is 0 Å². The Morgan fingerprint density at radius 1 is 1.56 bits per heavy atom. The van der Waals surface area contributed by atoms with E-state index in [-0.39, 0.29) is 25.1 Å². The average Bonchev–Trinajstić information content (AvgIpc) is 2.58. The quantitative estimate of drug-likeness (QED) is 0.345. The van der Waals surface area contributed by atoms with Crippen LogP contribution in [0, 0.1) is 0 Å². The monoisotopic (exact) mass is 347 g/mol. The summed E-state index contributed by atoms with van der Waals surface area (Å²) in [6.45, 7) is 0.0658. The van der Waals surface area contributed by atoms with E-state index in [4.69, 9.17) is 21.9 Å². The summed E-state index contributed by atoms with van der Waals surface area (Å²) in [5.74, 6) is 0.392. The maximum Gasteiger partial charge on any atom is 0.239 e. The number of aliphatic hydroxyl groups excluding tert-OH is 1. The fraction of sp³-hybridized carbons (Fsp3) is 0.353. The van der Waals surface area contributed by atoms with Gasteiger partial charge in [-0.05, 0) is 36.4 Å². The number of carbonyl (C=O) groups excluding carboxylic acids is 1. The lowest BCUT2D eigenvalue weighted by atomic mass is 10.0. The molecule has 1 aliphatic rings. The van der Waals surface area contributed by atoms with Gasteiger partial charge in [0.15, 0.2) is 6.23 Å². The lowest BCUT2D eigenvalue weighted by Gasteiger charge is -2.29. The van der Waals surface area contributed by atoms with Crippen molar-refractivity contribution in [2.75, 3.05) is 25.1 Å². The second-order valence-corrected chi connectivity index (χ2v) is 5.89. The van der Waals surface area contributed by atoms with Crippen LogP contribution in [0.4, 0.5) is 5.69 Å². The SMILES string of the molecule is CN1CC(=O)NC(CO)Cc2ccc(OC(N)/C(N)=C/C=C\N)cc21. The number of ether oxygens (including phenoxy) is 1. The summed E-state index contributed by atoms with van der Waals surface area (Å²) in [4.78, 5) is 13.7. The number of likely N-dealkylation sites (N-methyl/N-ethyl adjacent to an activating group) is 1. The maximum absolute atomic E-state index is 11.9. The molecule has 0 aromatic heterocycles. The van der Waals surface area contributed by atoms with Crippen molar-refractivity contribution < 1.29 is 14.6 Å². The summed E-state index contributed by atoms with van der Waals surface area (Å²) in [6.07, 6.45) is 4.20. The van der Waals surface area contributed by atoms with Crippen molar-refractivity contribution in [2.45, 2.75) is 18.7 Å². The van der Waals surface area contributed by atoms with Crippen molar-refractivity contribution in [1.82, 2.24) is 5.32 Å². The van der Waals surface area contributed by atoms with Crippen molar-refractivity contribution in [3.8, 4) is 5.75 Å². The molecule has 2 unspecified atom stereocenters. The zero-order chi connectivity index (χ0) is 18.4. The molecule has 1 aliphatic heterocycles. The van der Waals surface area contributed by atoms with Gasteiger partial charge in [-0.15, -0.1) is 0 Å². The molecular formula is C17H25N5O3. The van der Waals surface area contributed by atoms with Crippen molar-refractivity contribution in [3.05, 3.63) is 47.8 Å². The Hall–Kier alpha value is -2.71. The molecule has 8 N–H and O–H groups in total. The smallest absolute Gasteiger partial charge is 0.239 e. The van der Waals surface area contributed by atoms with Crippen molar-refractivity contribution >= 4 is 11.6 Å². The summed E-state index contributed by atoms with van der Waals surface area (Å²) >= 11 is 0. The molecule has 1 aromatic carbocycles. The van der Waals surface area contributed by atoms with Crippen molar-refractivity contribution in [2.24, 2.45) is 17.2 Å².